The molecule has 1 N–H and O–H groups in total. The lowest BCUT2D eigenvalue weighted by Crippen LogP contribution is -2.36. The summed E-state index contributed by atoms with van der Waals surface area (Å²) in [6.45, 7) is 2.16. The maximum atomic E-state index is 12.8. The van der Waals surface area contributed by atoms with Gasteiger partial charge in [-0.2, -0.15) is 0 Å². The molecule has 0 unspecified atom stereocenters. The Morgan fingerprint density at radius 2 is 1.81 bits per heavy atom. The Morgan fingerprint density at radius 1 is 1.19 bits per heavy atom. The van der Waals surface area contributed by atoms with E-state index >= 15 is 0 Å². The van der Waals surface area contributed by atoms with Gasteiger partial charge in [0.05, 0.1) is 6.04 Å². The highest BCUT2D eigenvalue weighted by molar-refractivity contribution is 6.30. The van der Waals surface area contributed by atoms with Crippen LogP contribution in [0.3, 0.4) is 0 Å². The zero-order valence-corrected chi connectivity index (χ0v) is 12.2. The number of amides is 1. The van der Waals surface area contributed by atoms with Crippen LogP contribution in [-0.4, -0.2) is 18.6 Å². The Bertz CT molecular complexity index is 599. The second-order valence-electron chi connectivity index (χ2n) is 4.65. The minimum atomic E-state index is -0.370. The monoisotopic (exact) mass is 307 g/mol. The lowest BCUT2D eigenvalue weighted by molar-refractivity contribution is 0.0926. The van der Waals surface area contributed by atoms with Gasteiger partial charge in [0.2, 0.25) is 0 Å². The van der Waals surface area contributed by atoms with Gasteiger partial charge in [0.1, 0.15) is 18.2 Å². The molecule has 0 heterocycles. The normalized spacial score (nSPS) is 11.8. The molecule has 0 saturated heterocycles. The van der Waals surface area contributed by atoms with Gasteiger partial charge in [0, 0.05) is 10.6 Å². The molecular weight excluding hydrogens is 293 g/mol. The zero-order chi connectivity index (χ0) is 15.2. The van der Waals surface area contributed by atoms with E-state index < -0.39 is 0 Å². The maximum Gasteiger partial charge on any atom is 0.251 e. The summed E-state index contributed by atoms with van der Waals surface area (Å²) in [7, 11) is 0. The molecule has 0 aliphatic rings. The number of ether oxygens (including phenoxy) is 1. The summed E-state index contributed by atoms with van der Waals surface area (Å²) < 4.78 is 18.3. The van der Waals surface area contributed by atoms with Crippen molar-refractivity contribution in [2.75, 3.05) is 6.61 Å². The summed E-state index contributed by atoms with van der Waals surface area (Å²) in [5.41, 5.74) is 0.412. The molecule has 1 amide bonds. The van der Waals surface area contributed by atoms with Gasteiger partial charge in [-0.25, -0.2) is 4.39 Å². The van der Waals surface area contributed by atoms with Gasteiger partial charge in [0.25, 0.3) is 5.91 Å². The fourth-order valence-electron chi connectivity index (χ4n) is 1.70. The van der Waals surface area contributed by atoms with Crippen LogP contribution in [-0.2, 0) is 0 Å². The minimum absolute atomic E-state index is 0.182. The number of rotatable bonds is 5. The summed E-state index contributed by atoms with van der Waals surface area (Å²) in [6.07, 6.45) is 0. The van der Waals surface area contributed by atoms with Crippen molar-refractivity contribution in [3.63, 3.8) is 0 Å². The average Bonchev–Trinajstić information content (AvgIpc) is 2.47. The summed E-state index contributed by atoms with van der Waals surface area (Å²) in [5.74, 6) is 0.0511. The van der Waals surface area contributed by atoms with Crippen molar-refractivity contribution in [2.45, 2.75) is 13.0 Å². The summed E-state index contributed by atoms with van der Waals surface area (Å²) in [6, 6.07) is 12.2. The first-order valence-corrected chi connectivity index (χ1v) is 6.87. The van der Waals surface area contributed by atoms with Crippen molar-refractivity contribution >= 4 is 17.5 Å². The molecule has 2 rings (SSSR count). The predicted octanol–water partition coefficient (Wildman–Crippen LogP) is 3.68. The number of nitrogens with one attached hydrogen (secondary N) is 1. The van der Waals surface area contributed by atoms with E-state index in [-0.39, 0.29) is 17.8 Å². The first-order valence-electron chi connectivity index (χ1n) is 6.49. The molecule has 1 atom stereocenters. The smallest absolute Gasteiger partial charge is 0.251 e. The summed E-state index contributed by atoms with van der Waals surface area (Å²) in [5, 5.41) is 3.42. The van der Waals surface area contributed by atoms with E-state index in [2.05, 4.69) is 5.32 Å². The van der Waals surface area contributed by atoms with Crippen molar-refractivity contribution in [1.82, 2.24) is 5.32 Å². The predicted molar refractivity (Wildman–Crippen MR) is 80.3 cm³/mol. The van der Waals surface area contributed by atoms with Gasteiger partial charge in [-0.3, -0.25) is 4.79 Å². The molecule has 0 saturated carbocycles. The van der Waals surface area contributed by atoms with Gasteiger partial charge >= 0.3 is 0 Å². The molecular formula is C16H15ClFNO2. The third kappa shape index (κ3) is 4.76. The molecule has 0 fully saturated rings. The quantitative estimate of drug-likeness (QED) is 0.915. The number of carbonyl (C=O) groups is 1. The third-order valence-electron chi connectivity index (χ3n) is 2.80. The Balaban J connectivity index is 1.83. The van der Waals surface area contributed by atoms with Gasteiger partial charge in [0.15, 0.2) is 0 Å². The molecule has 0 aromatic heterocycles. The number of carbonyl (C=O) groups excluding carboxylic acids is 1. The van der Waals surface area contributed by atoms with Gasteiger partial charge in [-0.15, -0.1) is 0 Å². The maximum absolute atomic E-state index is 12.8. The number of benzene rings is 2. The van der Waals surface area contributed by atoms with Crippen LogP contribution in [0.1, 0.15) is 17.3 Å². The SMILES string of the molecule is C[C@@H](COc1ccc(Cl)cc1)NC(=O)c1ccc(F)cc1. The summed E-state index contributed by atoms with van der Waals surface area (Å²) in [4.78, 5) is 11.9. The van der Waals surface area contributed by atoms with Crippen LogP contribution >= 0.6 is 11.6 Å². The average molecular weight is 308 g/mol. The fourth-order valence-corrected chi connectivity index (χ4v) is 1.83. The van der Waals surface area contributed by atoms with Gasteiger partial charge in [-0.05, 0) is 55.5 Å². The van der Waals surface area contributed by atoms with Crippen LogP contribution in [0.4, 0.5) is 4.39 Å². The van der Waals surface area contributed by atoms with E-state index in [1.807, 2.05) is 6.92 Å². The number of halogens is 2. The van der Waals surface area contributed by atoms with Crippen molar-refractivity contribution < 1.29 is 13.9 Å². The lowest BCUT2D eigenvalue weighted by Gasteiger charge is -2.15. The van der Waals surface area contributed by atoms with E-state index in [1.54, 1.807) is 24.3 Å². The molecule has 110 valence electrons. The molecule has 0 spiro atoms. The lowest BCUT2D eigenvalue weighted by atomic mass is 10.2. The Hall–Kier alpha value is -2.07. The first-order chi connectivity index (χ1) is 10.0. The molecule has 0 aliphatic carbocycles. The van der Waals surface area contributed by atoms with Crippen LogP contribution < -0.4 is 10.1 Å². The largest absolute Gasteiger partial charge is 0.491 e. The fraction of sp³-hybridized carbons (Fsp3) is 0.188. The number of hydrogen-bond donors (Lipinski definition) is 1. The molecule has 2 aromatic rings. The van der Waals surface area contributed by atoms with Crippen LogP contribution in [0.2, 0.25) is 5.02 Å². The molecule has 0 bridgehead atoms. The molecule has 0 aliphatic heterocycles. The van der Waals surface area contributed by atoms with Gasteiger partial charge < -0.3 is 10.1 Å². The van der Waals surface area contributed by atoms with Crippen LogP contribution in [0.25, 0.3) is 0 Å². The van der Waals surface area contributed by atoms with E-state index in [1.165, 1.54) is 24.3 Å². The van der Waals surface area contributed by atoms with Gasteiger partial charge in [-0.1, -0.05) is 11.6 Å². The van der Waals surface area contributed by atoms with Crippen molar-refractivity contribution in [2.24, 2.45) is 0 Å². The molecule has 3 nitrogen and oxygen atoms in total. The van der Waals surface area contributed by atoms with E-state index in [4.69, 9.17) is 16.3 Å². The van der Waals surface area contributed by atoms with Crippen molar-refractivity contribution in [3.05, 3.63) is 64.9 Å². The second-order valence-corrected chi connectivity index (χ2v) is 5.08. The Labute approximate surface area is 127 Å². The Morgan fingerprint density at radius 3 is 2.43 bits per heavy atom. The Kier molecular flexibility index (Phi) is 5.17. The van der Waals surface area contributed by atoms with E-state index in [0.29, 0.717) is 22.9 Å². The van der Waals surface area contributed by atoms with E-state index in [0.717, 1.165) is 0 Å². The topological polar surface area (TPSA) is 38.3 Å². The highest BCUT2D eigenvalue weighted by Gasteiger charge is 2.10. The highest BCUT2D eigenvalue weighted by atomic mass is 35.5. The zero-order valence-electron chi connectivity index (χ0n) is 11.5. The first kappa shape index (κ1) is 15.3. The molecule has 2 aromatic carbocycles. The highest BCUT2D eigenvalue weighted by Crippen LogP contribution is 2.15. The van der Waals surface area contributed by atoms with Crippen molar-refractivity contribution in [1.29, 1.82) is 0 Å². The minimum Gasteiger partial charge on any atom is -0.491 e. The second kappa shape index (κ2) is 7.09. The van der Waals surface area contributed by atoms with E-state index in [9.17, 15) is 9.18 Å². The molecule has 5 heteroatoms. The number of hydrogen-bond acceptors (Lipinski definition) is 2. The van der Waals surface area contributed by atoms with Crippen molar-refractivity contribution in [3.8, 4) is 5.75 Å². The molecule has 21 heavy (non-hydrogen) atoms. The standard InChI is InChI=1S/C16H15ClFNO2/c1-11(10-21-15-8-4-13(17)5-9-15)19-16(20)12-2-6-14(18)7-3-12/h2-9,11H,10H2,1H3,(H,19,20)/t11-/m0/s1. The third-order valence-corrected chi connectivity index (χ3v) is 3.05. The van der Waals surface area contributed by atoms with Crippen LogP contribution in [0.15, 0.2) is 48.5 Å². The van der Waals surface area contributed by atoms with Crippen LogP contribution in [0.5, 0.6) is 5.75 Å². The van der Waals surface area contributed by atoms with Crippen LogP contribution in [0, 0.1) is 5.82 Å². The molecule has 0 radical (unpaired) electrons. The summed E-state index contributed by atoms with van der Waals surface area (Å²) >= 11 is 5.78.